The summed E-state index contributed by atoms with van der Waals surface area (Å²) in [4.78, 5) is 11.3. The molecule has 4 heteroatoms. The topological polar surface area (TPSA) is 59.7 Å². The van der Waals surface area contributed by atoms with Crippen molar-refractivity contribution in [2.75, 3.05) is 7.11 Å². The molecule has 1 N–H and O–H groups in total. The predicted octanol–water partition coefficient (Wildman–Crippen LogP) is 2.70. The number of carbonyl (C=O) groups is 1. The fourth-order valence-corrected chi connectivity index (χ4v) is 1.84. The molecule has 0 fully saturated rings. The van der Waals surface area contributed by atoms with Gasteiger partial charge >= 0.3 is 5.97 Å². The molecule has 0 radical (unpaired) electrons. The minimum absolute atomic E-state index is 0.329. The van der Waals surface area contributed by atoms with Gasteiger partial charge in [0.15, 0.2) is 0 Å². The van der Waals surface area contributed by atoms with Crippen LogP contribution < -0.4 is 4.74 Å². The molecule has 94 valence electrons. The van der Waals surface area contributed by atoms with Gasteiger partial charge in [-0.3, -0.25) is 4.79 Å². The van der Waals surface area contributed by atoms with Gasteiger partial charge in [0.1, 0.15) is 11.5 Å². The number of benzene rings is 1. The van der Waals surface area contributed by atoms with Crippen molar-refractivity contribution in [1.82, 2.24) is 0 Å². The highest BCUT2D eigenvalue weighted by Gasteiger charge is 2.21. The Morgan fingerprint density at radius 2 is 2.22 bits per heavy atom. The van der Waals surface area contributed by atoms with Crippen molar-refractivity contribution in [3.05, 3.63) is 54.0 Å². The first kappa shape index (κ1) is 12.2. The van der Waals surface area contributed by atoms with E-state index in [1.165, 1.54) is 0 Å². The van der Waals surface area contributed by atoms with Crippen LogP contribution in [0.1, 0.15) is 17.2 Å². The molecular weight excluding hydrogens is 232 g/mol. The van der Waals surface area contributed by atoms with E-state index in [1.54, 1.807) is 49.8 Å². The average Bonchev–Trinajstić information content (AvgIpc) is 2.88. The monoisotopic (exact) mass is 246 g/mol. The van der Waals surface area contributed by atoms with E-state index in [1.807, 2.05) is 0 Å². The number of aliphatic carboxylic acids is 1. The Labute approximate surface area is 105 Å². The van der Waals surface area contributed by atoms with Gasteiger partial charge in [-0.25, -0.2) is 0 Å². The third kappa shape index (κ3) is 2.71. The molecule has 1 aromatic heterocycles. The van der Waals surface area contributed by atoms with Crippen molar-refractivity contribution in [2.24, 2.45) is 0 Å². The molecule has 1 aromatic carbocycles. The van der Waals surface area contributed by atoms with Crippen molar-refractivity contribution >= 4 is 5.97 Å². The molecule has 1 atom stereocenters. The van der Waals surface area contributed by atoms with E-state index in [4.69, 9.17) is 9.15 Å². The van der Waals surface area contributed by atoms with Gasteiger partial charge in [0.2, 0.25) is 0 Å². The van der Waals surface area contributed by atoms with Crippen LogP contribution >= 0.6 is 0 Å². The Balaban J connectivity index is 2.26. The first-order valence-corrected chi connectivity index (χ1v) is 5.60. The maximum absolute atomic E-state index is 11.3. The second-order valence-electron chi connectivity index (χ2n) is 3.95. The van der Waals surface area contributed by atoms with E-state index >= 15 is 0 Å². The lowest BCUT2D eigenvalue weighted by molar-refractivity contribution is -0.138. The van der Waals surface area contributed by atoms with Gasteiger partial charge in [-0.1, -0.05) is 12.1 Å². The summed E-state index contributed by atoms with van der Waals surface area (Å²) >= 11 is 0. The molecule has 0 amide bonds. The van der Waals surface area contributed by atoms with Crippen LogP contribution in [-0.4, -0.2) is 18.2 Å². The third-order valence-electron chi connectivity index (χ3n) is 2.78. The summed E-state index contributed by atoms with van der Waals surface area (Å²) in [6.07, 6.45) is 1.87. The van der Waals surface area contributed by atoms with Crippen LogP contribution in [0.2, 0.25) is 0 Å². The normalized spacial score (nSPS) is 12.1. The number of hydrogen-bond donors (Lipinski definition) is 1. The Morgan fingerprint density at radius 3 is 2.83 bits per heavy atom. The molecule has 0 aliphatic carbocycles. The maximum Gasteiger partial charge on any atom is 0.311 e. The fourth-order valence-electron chi connectivity index (χ4n) is 1.84. The molecule has 0 aliphatic heterocycles. The zero-order chi connectivity index (χ0) is 13.0. The molecule has 1 unspecified atom stereocenters. The first-order chi connectivity index (χ1) is 8.70. The summed E-state index contributed by atoms with van der Waals surface area (Å²) in [5, 5.41) is 9.31. The zero-order valence-electron chi connectivity index (χ0n) is 10.00. The fraction of sp³-hybridized carbons (Fsp3) is 0.214. The maximum atomic E-state index is 11.3. The van der Waals surface area contributed by atoms with Crippen LogP contribution in [0.15, 0.2) is 47.1 Å². The number of rotatable bonds is 5. The van der Waals surface area contributed by atoms with Gasteiger partial charge in [0.25, 0.3) is 0 Å². The highest BCUT2D eigenvalue weighted by atomic mass is 16.5. The molecule has 0 saturated heterocycles. The van der Waals surface area contributed by atoms with Crippen molar-refractivity contribution in [3.8, 4) is 5.75 Å². The van der Waals surface area contributed by atoms with Crippen LogP contribution in [0.3, 0.4) is 0 Å². The van der Waals surface area contributed by atoms with Crippen LogP contribution in [0.5, 0.6) is 5.75 Å². The average molecular weight is 246 g/mol. The van der Waals surface area contributed by atoms with Gasteiger partial charge in [-0.15, -0.1) is 0 Å². The van der Waals surface area contributed by atoms with Crippen LogP contribution in [-0.2, 0) is 11.2 Å². The largest absolute Gasteiger partial charge is 0.497 e. The molecule has 0 bridgehead atoms. The van der Waals surface area contributed by atoms with Crippen LogP contribution in [0.25, 0.3) is 0 Å². The third-order valence-corrected chi connectivity index (χ3v) is 2.78. The Hall–Kier alpha value is -2.23. The van der Waals surface area contributed by atoms with Gasteiger partial charge in [-0.05, 0) is 29.8 Å². The number of methoxy groups -OCH3 is 1. The second-order valence-corrected chi connectivity index (χ2v) is 3.95. The van der Waals surface area contributed by atoms with Crippen LogP contribution in [0, 0.1) is 0 Å². The number of hydrogen-bond acceptors (Lipinski definition) is 3. The molecule has 2 aromatic rings. The zero-order valence-corrected chi connectivity index (χ0v) is 10.00. The van der Waals surface area contributed by atoms with Gasteiger partial charge in [0, 0.05) is 6.42 Å². The van der Waals surface area contributed by atoms with Crippen molar-refractivity contribution < 1.29 is 19.1 Å². The molecule has 1 heterocycles. The van der Waals surface area contributed by atoms with Crippen molar-refractivity contribution in [1.29, 1.82) is 0 Å². The standard InChI is InChI=1S/C14H14O4/c1-17-11-5-2-4-10(8-11)13(14(15)16)9-12-6-3-7-18-12/h2-8,13H,9H2,1H3,(H,15,16). The molecule has 2 rings (SSSR count). The number of carboxylic acid groups (broad SMARTS) is 1. The lowest BCUT2D eigenvalue weighted by Crippen LogP contribution is -2.14. The van der Waals surface area contributed by atoms with Crippen molar-refractivity contribution in [2.45, 2.75) is 12.3 Å². The van der Waals surface area contributed by atoms with Crippen LogP contribution in [0.4, 0.5) is 0 Å². The molecule has 0 aliphatic rings. The van der Waals surface area contributed by atoms with E-state index in [2.05, 4.69) is 0 Å². The smallest absolute Gasteiger partial charge is 0.311 e. The lowest BCUT2D eigenvalue weighted by atomic mass is 9.94. The van der Waals surface area contributed by atoms with E-state index in [-0.39, 0.29) is 0 Å². The summed E-state index contributed by atoms with van der Waals surface area (Å²) < 4.78 is 10.3. The molecule has 4 nitrogen and oxygen atoms in total. The van der Waals surface area contributed by atoms with Gasteiger partial charge in [0.05, 0.1) is 19.3 Å². The number of ether oxygens (including phenoxy) is 1. The predicted molar refractivity (Wildman–Crippen MR) is 65.8 cm³/mol. The summed E-state index contributed by atoms with van der Waals surface area (Å²) in [5.74, 6) is -0.200. The highest BCUT2D eigenvalue weighted by molar-refractivity contribution is 5.76. The quantitative estimate of drug-likeness (QED) is 0.881. The minimum atomic E-state index is -0.875. The van der Waals surface area contributed by atoms with E-state index < -0.39 is 11.9 Å². The minimum Gasteiger partial charge on any atom is -0.497 e. The summed E-state index contributed by atoms with van der Waals surface area (Å²) in [7, 11) is 1.56. The number of furan rings is 1. The summed E-state index contributed by atoms with van der Waals surface area (Å²) in [6.45, 7) is 0. The Bertz CT molecular complexity index is 516. The summed E-state index contributed by atoms with van der Waals surface area (Å²) in [5.41, 5.74) is 0.707. The SMILES string of the molecule is COc1cccc(C(Cc2ccco2)C(=O)O)c1. The molecule has 0 saturated carbocycles. The summed E-state index contributed by atoms with van der Waals surface area (Å²) in [6, 6.07) is 10.6. The van der Waals surface area contributed by atoms with Gasteiger partial charge < -0.3 is 14.3 Å². The van der Waals surface area contributed by atoms with E-state index in [0.717, 1.165) is 0 Å². The Kier molecular flexibility index (Phi) is 3.67. The van der Waals surface area contributed by atoms with E-state index in [9.17, 15) is 9.90 Å². The van der Waals surface area contributed by atoms with Crippen molar-refractivity contribution in [3.63, 3.8) is 0 Å². The lowest BCUT2D eigenvalue weighted by Gasteiger charge is -2.12. The van der Waals surface area contributed by atoms with E-state index in [0.29, 0.717) is 23.5 Å². The highest BCUT2D eigenvalue weighted by Crippen LogP contribution is 2.24. The number of carboxylic acids is 1. The first-order valence-electron chi connectivity index (χ1n) is 5.60. The second kappa shape index (κ2) is 5.40. The Morgan fingerprint density at radius 1 is 1.39 bits per heavy atom. The van der Waals surface area contributed by atoms with Gasteiger partial charge in [-0.2, -0.15) is 0 Å². The molecular formula is C14H14O4. The molecule has 0 spiro atoms. The molecule has 18 heavy (non-hydrogen) atoms.